The number of likely N-dealkylation sites (N-methyl/N-ethyl adjacent to an activating group) is 1. The Morgan fingerprint density at radius 1 is 0.881 bits per heavy atom. The number of benzene rings is 4. The first-order chi connectivity index (χ1) is 20.1. The third-order valence-electron chi connectivity index (χ3n) is 6.60. The Labute approximate surface area is 254 Å². The number of halogens is 3. The predicted octanol–water partition coefficient (Wildman–Crippen LogP) is 5.71. The molecule has 0 aliphatic carbocycles. The van der Waals surface area contributed by atoms with Crippen molar-refractivity contribution in [2.24, 2.45) is 0 Å². The van der Waals surface area contributed by atoms with Gasteiger partial charge in [0.2, 0.25) is 11.8 Å². The van der Waals surface area contributed by atoms with E-state index in [1.165, 1.54) is 18.0 Å². The van der Waals surface area contributed by atoms with Gasteiger partial charge in [0.15, 0.2) is 0 Å². The van der Waals surface area contributed by atoms with Crippen molar-refractivity contribution >= 4 is 50.7 Å². The van der Waals surface area contributed by atoms with Crippen molar-refractivity contribution < 1.29 is 22.4 Å². The van der Waals surface area contributed by atoms with Crippen LogP contribution in [0.25, 0.3) is 0 Å². The van der Waals surface area contributed by atoms with Crippen LogP contribution in [0.3, 0.4) is 0 Å². The number of nitrogens with one attached hydrogen (secondary N) is 1. The van der Waals surface area contributed by atoms with Crippen molar-refractivity contribution in [3.05, 3.63) is 130 Å². The summed E-state index contributed by atoms with van der Waals surface area (Å²) in [5.74, 6) is -1.69. The fourth-order valence-electron chi connectivity index (χ4n) is 4.41. The van der Waals surface area contributed by atoms with Gasteiger partial charge in [-0.15, -0.1) is 0 Å². The van der Waals surface area contributed by atoms with E-state index >= 15 is 0 Å². The average molecular weight is 629 g/mol. The molecule has 7 nitrogen and oxygen atoms in total. The van der Waals surface area contributed by atoms with E-state index in [9.17, 15) is 22.4 Å². The van der Waals surface area contributed by atoms with Crippen molar-refractivity contribution in [3.63, 3.8) is 0 Å². The molecule has 0 aliphatic rings. The number of amides is 2. The molecule has 1 atom stereocenters. The number of anilines is 1. The van der Waals surface area contributed by atoms with E-state index in [1.807, 2.05) is 30.3 Å². The lowest BCUT2D eigenvalue weighted by Gasteiger charge is -2.33. The lowest BCUT2D eigenvalue weighted by molar-refractivity contribution is -0.139. The summed E-state index contributed by atoms with van der Waals surface area (Å²) in [6.45, 7) is -0.740. The summed E-state index contributed by atoms with van der Waals surface area (Å²) in [5.41, 5.74) is 1.54. The molecule has 0 aromatic heterocycles. The molecule has 1 unspecified atom stereocenters. The quantitative estimate of drug-likeness (QED) is 0.231. The maximum atomic E-state index is 14.2. The Kier molecular flexibility index (Phi) is 10.2. The van der Waals surface area contributed by atoms with E-state index in [0.717, 1.165) is 34.1 Å². The topological polar surface area (TPSA) is 86.8 Å². The van der Waals surface area contributed by atoms with Gasteiger partial charge in [0.25, 0.3) is 10.0 Å². The smallest absolute Gasteiger partial charge is 0.264 e. The Balaban J connectivity index is 1.79. The highest BCUT2D eigenvalue weighted by molar-refractivity contribution is 7.92. The van der Waals surface area contributed by atoms with Crippen molar-refractivity contribution in [1.82, 2.24) is 10.2 Å². The van der Waals surface area contributed by atoms with Crippen LogP contribution in [0.4, 0.5) is 10.1 Å². The maximum Gasteiger partial charge on any atom is 0.264 e. The molecular formula is C31H28Cl2FN3O4S. The molecule has 0 heterocycles. The molecule has 2 amide bonds. The molecule has 4 rings (SSSR count). The number of hydrogen-bond acceptors (Lipinski definition) is 4. The standard InChI is InChI=1S/C31H28Cl2FN3O4S/c1-35-31(39)29(18-22-8-4-2-5-9-22)36(20-23-12-13-24(32)19-28(23)33)30(38)21-37(26-10-6-3-7-11-26)42(40,41)27-16-14-25(34)15-17-27/h2-17,19,29H,18,20-21H2,1H3,(H,35,39). The van der Waals surface area contributed by atoms with Gasteiger partial charge in [-0.2, -0.15) is 0 Å². The summed E-state index contributed by atoms with van der Waals surface area (Å²) in [7, 11) is -2.86. The minimum atomic E-state index is -4.32. The lowest BCUT2D eigenvalue weighted by atomic mass is 10.0. The summed E-state index contributed by atoms with van der Waals surface area (Å²) in [6, 6.07) is 25.4. The van der Waals surface area contributed by atoms with Gasteiger partial charge < -0.3 is 10.2 Å². The molecule has 0 saturated carbocycles. The van der Waals surface area contributed by atoms with E-state index in [2.05, 4.69) is 5.32 Å². The summed E-state index contributed by atoms with van der Waals surface area (Å²) in [4.78, 5) is 28.6. The van der Waals surface area contributed by atoms with Crippen molar-refractivity contribution in [2.45, 2.75) is 23.9 Å². The lowest BCUT2D eigenvalue weighted by Crippen LogP contribution is -2.53. The van der Waals surface area contributed by atoms with Crippen LogP contribution in [0.1, 0.15) is 11.1 Å². The van der Waals surface area contributed by atoms with Crippen molar-refractivity contribution in [1.29, 1.82) is 0 Å². The van der Waals surface area contributed by atoms with Crippen LogP contribution < -0.4 is 9.62 Å². The summed E-state index contributed by atoms with van der Waals surface area (Å²) in [5, 5.41) is 3.31. The molecule has 218 valence electrons. The molecule has 0 spiro atoms. The predicted molar refractivity (Wildman–Crippen MR) is 162 cm³/mol. The molecule has 0 fully saturated rings. The Morgan fingerprint density at radius 2 is 1.50 bits per heavy atom. The van der Waals surface area contributed by atoms with Gasteiger partial charge in [0, 0.05) is 30.1 Å². The maximum absolute atomic E-state index is 14.2. The van der Waals surface area contributed by atoms with Crippen LogP contribution in [-0.4, -0.2) is 44.8 Å². The zero-order valence-electron chi connectivity index (χ0n) is 22.6. The molecule has 11 heteroatoms. The van der Waals surface area contributed by atoms with Gasteiger partial charge in [0.1, 0.15) is 18.4 Å². The highest BCUT2D eigenvalue weighted by atomic mass is 35.5. The summed E-state index contributed by atoms with van der Waals surface area (Å²) >= 11 is 12.6. The van der Waals surface area contributed by atoms with Crippen LogP contribution in [0, 0.1) is 5.82 Å². The minimum Gasteiger partial charge on any atom is -0.357 e. The first-order valence-electron chi connectivity index (χ1n) is 12.9. The first kappa shape index (κ1) is 31.0. The van der Waals surface area contributed by atoms with Crippen LogP contribution in [0.2, 0.25) is 10.0 Å². The zero-order chi connectivity index (χ0) is 30.3. The summed E-state index contributed by atoms with van der Waals surface area (Å²) < 4.78 is 42.2. The fraction of sp³-hybridized carbons (Fsp3) is 0.161. The Hall–Kier alpha value is -3.92. The SMILES string of the molecule is CNC(=O)C(Cc1ccccc1)N(Cc1ccc(Cl)cc1Cl)C(=O)CN(c1ccccc1)S(=O)(=O)c1ccc(F)cc1. The second kappa shape index (κ2) is 13.8. The van der Waals surface area contributed by atoms with E-state index in [-0.39, 0.29) is 28.6 Å². The monoisotopic (exact) mass is 627 g/mol. The average Bonchev–Trinajstić information content (AvgIpc) is 2.99. The van der Waals surface area contributed by atoms with Crippen molar-refractivity contribution in [3.8, 4) is 0 Å². The van der Waals surface area contributed by atoms with Crippen LogP contribution in [0.5, 0.6) is 0 Å². The third kappa shape index (κ3) is 7.47. The molecular weight excluding hydrogens is 600 g/mol. The fourth-order valence-corrected chi connectivity index (χ4v) is 6.29. The van der Waals surface area contributed by atoms with Crippen LogP contribution in [-0.2, 0) is 32.6 Å². The van der Waals surface area contributed by atoms with Gasteiger partial charge in [-0.1, -0.05) is 77.8 Å². The van der Waals surface area contributed by atoms with Gasteiger partial charge in [0.05, 0.1) is 10.6 Å². The molecule has 0 aliphatic heterocycles. The molecule has 0 radical (unpaired) electrons. The Bertz CT molecular complexity index is 1640. The highest BCUT2D eigenvalue weighted by Crippen LogP contribution is 2.27. The molecule has 4 aromatic carbocycles. The second-order valence-corrected chi connectivity index (χ2v) is 12.1. The number of carbonyl (C=O) groups excluding carboxylic acids is 2. The van der Waals surface area contributed by atoms with Crippen LogP contribution >= 0.6 is 23.2 Å². The number of hydrogen-bond donors (Lipinski definition) is 1. The van der Waals surface area contributed by atoms with Crippen LogP contribution in [0.15, 0.2) is 108 Å². The molecule has 0 saturated heterocycles. The van der Waals surface area contributed by atoms with Gasteiger partial charge in [-0.3, -0.25) is 13.9 Å². The summed E-state index contributed by atoms with van der Waals surface area (Å²) in [6.07, 6.45) is 0.160. The first-order valence-corrected chi connectivity index (χ1v) is 15.1. The highest BCUT2D eigenvalue weighted by Gasteiger charge is 2.34. The molecule has 1 N–H and O–H groups in total. The molecule has 42 heavy (non-hydrogen) atoms. The van der Waals surface area contributed by atoms with Gasteiger partial charge in [-0.25, -0.2) is 12.8 Å². The number of carbonyl (C=O) groups is 2. The van der Waals surface area contributed by atoms with E-state index in [1.54, 1.807) is 42.5 Å². The number of nitrogens with zero attached hydrogens (tertiary/aromatic N) is 2. The van der Waals surface area contributed by atoms with Gasteiger partial charge >= 0.3 is 0 Å². The largest absolute Gasteiger partial charge is 0.357 e. The van der Waals surface area contributed by atoms with E-state index in [0.29, 0.717) is 10.6 Å². The molecule has 4 aromatic rings. The van der Waals surface area contributed by atoms with E-state index < -0.39 is 40.2 Å². The number of para-hydroxylation sites is 1. The minimum absolute atomic E-state index is 0.0982. The normalized spacial score (nSPS) is 11.9. The number of rotatable bonds is 11. The van der Waals surface area contributed by atoms with Gasteiger partial charge in [-0.05, 0) is 59.7 Å². The number of sulfonamides is 1. The van der Waals surface area contributed by atoms with Crippen molar-refractivity contribution in [2.75, 3.05) is 17.9 Å². The zero-order valence-corrected chi connectivity index (χ0v) is 24.9. The third-order valence-corrected chi connectivity index (χ3v) is 8.97. The Morgan fingerprint density at radius 3 is 2.10 bits per heavy atom. The molecule has 0 bridgehead atoms. The van der Waals surface area contributed by atoms with E-state index in [4.69, 9.17) is 23.2 Å². The second-order valence-electron chi connectivity index (χ2n) is 9.38.